The van der Waals surface area contributed by atoms with Crippen LogP contribution in [-0.4, -0.2) is 58.6 Å². The van der Waals surface area contributed by atoms with Gasteiger partial charge in [0.15, 0.2) is 0 Å². The van der Waals surface area contributed by atoms with E-state index in [0.717, 1.165) is 14.7 Å². The average Bonchev–Trinajstić information content (AvgIpc) is 3.03. The Morgan fingerprint density at radius 2 is 1.40 bits per heavy atom. The number of nitrogens with zero attached hydrogens (tertiary/aromatic N) is 3. The zero-order valence-corrected chi connectivity index (χ0v) is 36.8. The molecule has 2 rings (SSSR count). The van der Waals surface area contributed by atoms with Crippen molar-refractivity contribution >= 4 is 68.7 Å². The number of nitrogens with one attached hydrogen (secondary N) is 2. The Labute approximate surface area is 318 Å². The molecule has 0 aliphatic carbocycles. The van der Waals surface area contributed by atoms with Crippen LogP contribution in [0.25, 0.3) is 0 Å². The number of hydrogen-bond acceptors (Lipinski definition) is 6. The molecule has 0 saturated carbocycles. The fraction of sp³-hybridized carbons (Fsp3) is 0.579. The van der Waals surface area contributed by atoms with Gasteiger partial charge in [-0.25, -0.2) is 0 Å². The molecule has 0 radical (unpaired) electrons. The van der Waals surface area contributed by atoms with E-state index in [9.17, 15) is 9.59 Å². The molecule has 0 saturated heterocycles. The number of aliphatic imine (C=N–C) groups is 1. The van der Waals surface area contributed by atoms with E-state index >= 15 is 0 Å². The van der Waals surface area contributed by atoms with E-state index in [4.69, 9.17) is 15.2 Å². The van der Waals surface area contributed by atoms with Gasteiger partial charge in [-0.15, -0.1) is 0 Å². The number of hydrogen-bond donors (Lipinski definition) is 3. The molecule has 0 fully saturated rings. The molecule has 10 nitrogen and oxygen atoms in total. The van der Waals surface area contributed by atoms with Crippen molar-refractivity contribution in [2.24, 2.45) is 15.8 Å². The number of rotatable bonds is 15. The first-order chi connectivity index (χ1) is 23.5. The predicted molar refractivity (Wildman–Crippen MR) is 217 cm³/mol. The molecule has 0 unspecified atom stereocenters. The Morgan fingerprint density at radius 1 is 0.840 bits per heavy atom. The number of unbranched alkanes of at least 4 members (excludes halogenated alkanes) is 3. The molecule has 50 heavy (non-hydrogen) atoms. The molecule has 278 valence electrons. The summed E-state index contributed by atoms with van der Waals surface area (Å²) in [5.74, 6) is -0.107. The third-order valence-electron chi connectivity index (χ3n) is 7.99. The first-order valence-corrected chi connectivity index (χ1v) is 26.5. The van der Waals surface area contributed by atoms with Crippen LogP contribution in [0.4, 0.5) is 9.59 Å². The van der Waals surface area contributed by atoms with Gasteiger partial charge in [-0.2, -0.15) is 0 Å². The van der Waals surface area contributed by atoms with Crippen molar-refractivity contribution in [3.8, 4) is 0 Å². The Bertz CT molecular complexity index is 1420. The van der Waals surface area contributed by atoms with Crippen molar-refractivity contribution in [2.75, 3.05) is 0 Å². The number of hydrazone groups is 1. The van der Waals surface area contributed by atoms with E-state index in [-0.39, 0.29) is 18.5 Å². The molecule has 0 heterocycles. The molecule has 4 N–H and O–H groups in total. The number of benzene rings is 2. The summed E-state index contributed by atoms with van der Waals surface area (Å²) in [6, 6.07) is 16.7. The monoisotopic (exact) mass is 912 g/mol. The van der Waals surface area contributed by atoms with Crippen molar-refractivity contribution in [3.63, 3.8) is 0 Å². The number of halogens is 1. The number of guanidine groups is 2. The van der Waals surface area contributed by atoms with Crippen molar-refractivity contribution < 1.29 is 19.1 Å². The van der Waals surface area contributed by atoms with Crippen molar-refractivity contribution in [1.82, 2.24) is 15.6 Å². The van der Waals surface area contributed by atoms with Crippen LogP contribution in [0.15, 0.2) is 58.6 Å². The van der Waals surface area contributed by atoms with Gasteiger partial charge >= 0.3 is 270 Å². The molecule has 0 atom stereocenters. The third kappa shape index (κ3) is 16.2. The topological polar surface area (TPSA) is 131 Å². The van der Waals surface area contributed by atoms with Crippen LogP contribution in [-0.2, 0) is 22.6 Å². The normalized spacial score (nSPS) is 12.8. The van der Waals surface area contributed by atoms with Crippen LogP contribution in [0.1, 0.15) is 112 Å². The standard InChI is InChI=1S/C26H34IN6O4.3C4H9.Sn/c1-25(2,3)36-23(34)30-22(32-31-21(28)29-16-19-13-10-14-20(27)15-19)33(24(35)37-26(4,5)6)17-18-11-8-7-9-12-18;3*1-3-4-2;/h7-8,10-15H,16-17H2,1-6H3,(H3,28,29,31)(H,30,32,34);3*1,3-4H2,2H3;. The van der Waals surface area contributed by atoms with Crippen molar-refractivity contribution in [1.29, 1.82) is 0 Å². The van der Waals surface area contributed by atoms with Crippen LogP contribution in [0, 0.1) is 3.57 Å². The number of amides is 2. The number of nitrogens with two attached hydrogens (primary N) is 1. The molecule has 2 aromatic carbocycles. The summed E-state index contributed by atoms with van der Waals surface area (Å²) in [5.41, 5.74) is 9.26. The minimum atomic E-state index is -2.80. The van der Waals surface area contributed by atoms with Gasteiger partial charge in [0.2, 0.25) is 0 Å². The molecular formula is C38H61IN6O4Sn. The van der Waals surface area contributed by atoms with E-state index in [1.165, 1.54) is 60.3 Å². The van der Waals surface area contributed by atoms with Gasteiger partial charge in [0.05, 0.1) is 0 Å². The molecule has 0 aliphatic heterocycles. The first kappa shape index (κ1) is 43.6. The summed E-state index contributed by atoms with van der Waals surface area (Å²) in [7, 11) is 0. The molecular weight excluding hydrogens is 850 g/mol. The summed E-state index contributed by atoms with van der Waals surface area (Å²) in [6.07, 6.45) is 5.83. The molecule has 0 spiro atoms. The van der Waals surface area contributed by atoms with E-state index in [1.807, 2.05) is 30.3 Å². The van der Waals surface area contributed by atoms with Gasteiger partial charge in [-0.1, -0.05) is 12.1 Å². The van der Waals surface area contributed by atoms with Crippen LogP contribution in [0.3, 0.4) is 0 Å². The number of carbonyl (C=O) groups excluding carboxylic acids is 2. The van der Waals surface area contributed by atoms with Gasteiger partial charge in [0.25, 0.3) is 0 Å². The molecule has 2 amide bonds. The fourth-order valence-electron chi connectivity index (χ4n) is 5.59. The average molecular weight is 912 g/mol. The Kier molecular flexibility index (Phi) is 18.4. The van der Waals surface area contributed by atoms with Crippen molar-refractivity contribution in [2.45, 2.75) is 138 Å². The second kappa shape index (κ2) is 21.1. The summed E-state index contributed by atoms with van der Waals surface area (Å²) >= 11 is -0.548. The molecule has 0 aliphatic rings. The summed E-state index contributed by atoms with van der Waals surface area (Å²) in [5, 5.41) is 7.08. The van der Waals surface area contributed by atoms with Crippen LogP contribution in [0.2, 0.25) is 13.3 Å². The molecule has 0 aromatic heterocycles. The van der Waals surface area contributed by atoms with Gasteiger partial charge in [0, 0.05) is 3.57 Å². The first-order valence-electron chi connectivity index (χ1n) is 18.0. The van der Waals surface area contributed by atoms with Gasteiger partial charge in [-0.3, -0.25) is 0 Å². The van der Waals surface area contributed by atoms with Gasteiger partial charge in [0.1, 0.15) is 0 Å². The predicted octanol–water partition coefficient (Wildman–Crippen LogP) is 8.98. The zero-order chi connectivity index (χ0) is 37.4. The van der Waals surface area contributed by atoms with E-state index in [0.29, 0.717) is 6.54 Å². The zero-order valence-electron chi connectivity index (χ0n) is 31.8. The second-order valence-electron chi connectivity index (χ2n) is 14.9. The summed E-state index contributed by atoms with van der Waals surface area (Å²) in [6.45, 7) is 18.0. The maximum atomic E-state index is 13.9. The molecule has 0 bridgehead atoms. The Morgan fingerprint density at radius 3 is 1.94 bits per heavy atom. The second-order valence-corrected chi connectivity index (χ2v) is 29.3. The van der Waals surface area contributed by atoms with Crippen LogP contribution >= 0.6 is 22.6 Å². The number of ether oxygens (including phenoxy) is 2. The Hall–Kier alpha value is -2.55. The van der Waals surface area contributed by atoms with Gasteiger partial charge in [-0.05, 0) is 34.7 Å². The van der Waals surface area contributed by atoms with Gasteiger partial charge < -0.3 is 0 Å². The summed E-state index contributed by atoms with van der Waals surface area (Å²) in [4.78, 5) is 32.8. The number of alkyl carbamates (subject to hydrolysis) is 1. The van der Waals surface area contributed by atoms with Crippen LogP contribution < -0.4 is 20.1 Å². The molecule has 2 aromatic rings. The van der Waals surface area contributed by atoms with Crippen molar-refractivity contribution in [3.05, 3.63) is 63.2 Å². The SMILES string of the molecule is CCC[CH2][Sn]([CH2]CCC)([CH2]CCC)[c]1cccc(CN(C(=O)OC(C)(C)C)C(=NNC(N)=NCc2cccc(I)c2)NC(=O)OC(C)(C)C)c1. The Balaban J connectivity index is 2.61. The van der Waals surface area contributed by atoms with E-state index < -0.39 is 41.8 Å². The fourth-order valence-corrected chi connectivity index (χ4v) is 22.3. The van der Waals surface area contributed by atoms with E-state index in [1.54, 1.807) is 41.5 Å². The third-order valence-corrected chi connectivity index (χ3v) is 24.3. The minimum absolute atomic E-state index is 0.0140. The quantitative estimate of drug-likeness (QED) is 0.0538. The number of carbonyl (C=O) groups is 2. The maximum absolute atomic E-state index is 13.9. The van der Waals surface area contributed by atoms with E-state index in [2.05, 4.69) is 82.4 Å². The van der Waals surface area contributed by atoms with Crippen LogP contribution in [0.5, 0.6) is 0 Å². The molecule has 12 heteroatoms. The summed E-state index contributed by atoms with van der Waals surface area (Å²) < 4.78 is 17.9.